The van der Waals surface area contributed by atoms with Gasteiger partial charge in [0, 0.05) is 0 Å². The molecule has 0 aliphatic carbocycles. The van der Waals surface area contributed by atoms with Crippen LogP contribution in [0.25, 0.3) is 0 Å². The number of carbonyl (C=O) groups is 1. The lowest BCUT2D eigenvalue weighted by atomic mass is 9.84. The van der Waals surface area contributed by atoms with E-state index >= 15 is 0 Å². The molecule has 1 rings (SSSR count). The van der Waals surface area contributed by atoms with Gasteiger partial charge in [-0.25, -0.2) is 0 Å². The Morgan fingerprint density at radius 3 is 1.89 bits per heavy atom. The molecule has 2 heteroatoms. The van der Waals surface area contributed by atoms with Crippen molar-refractivity contribution < 1.29 is 9.90 Å². The summed E-state index contributed by atoms with van der Waals surface area (Å²) in [7, 11) is 0. The molecule has 0 bridgehead atoms. The zero-order valence-electron chi connectivity index (χ0n) is 12.3. The van der Waals surface area contributed by atoms with Gasteiger partial charge >= 0.3 is 5.97 Å². The minimum Gasteiger partial charge on any atom is -0.481 e. The second-order valence-electron chi connectivity index (χ2n) is 5.63. The number of aliphatic carboxylic acids is 1. The Labute approximate surface area is 110 Å². The van der Waals surface area contributed by atoms with Gasteiger partial charge in [0.1, 0.15) is 0 Å². The van der Waals surface area contributed by atoms with Crippen LogP contribution >= 0.6 is 0 Å². The molecule has 2 nitrogen and oxygen atoms in total. The topological polar surface area (TPSA) is 37.3 Å². The molecule has 0 spiro atoms. The highest BCUT2D eigenvalue weighted by atomic mass is 16.4. The van der Waals surface area contributed by atoms with Crippen molar-refractivity contribution in [1.29, 1.82) is 0 Å². The fraction of sp³-hybridized carbons (Fsp3) is 0.562. The second-order valence-corrected chi connectivity index (χ2v) is 5.63. The van der Waals surface area contributed by atoms with E-state index in [1.165, 1.54) is 27.8 Å². The van der Waals surface area contributed by atoms with E-state index in [9.17, 15) is 9.90 Å². The fourth-order valence-corrected chi connectivity index (χ4v) is 2.43. The second kappa shape index (κ2) is 5.55. The number of carboxylic acids is 1. The summed E-state index contributed by atoms with van der Waals surface area (Å²) in [6, 6.07) is 2.18. The summed E-state index contributed by atoms with van der Waals surface area (Å²) < 4.78 is 0. The van der Waals surface area contributed by atoms with Gasteiger partial charge in [0.25, 0.3) is 0 Å². The lowest BCUT2D eigenvalue weighted by molar-refractivity contribution is -0.143. The molecule has 1 aromatic carbocycles. The Bertz CT molecular complexity index is 432. The molecule has 0 heterocycles. The van der Waals surface area contributed by atoms with Crippen molar-refractivity contribution in [2.45, 2.75) is 48.0 Å². The van der Waals surface area contributed by atoms with Crippen LogP contribution in [0.5, 0.6) is 0 Å². The van der Waals surface area contributed by atoms with Gasteiger partial charge in [-0.1, -0.05) is 19.9 Å². The molecule has 0 saturated carbocycles. The van der Waals surface area contributed by atoms with Crippen molar-refractivity contribution in [2.24, 2.45) is 11.8 Å². The summed E-state index contributed by atoms with van der Waals surface area (Å²) in [6.45, 7) is 12.3. The largest absolute Gasteiger partial charge is 0.481 e. The van der Waals surface area contributed by atoms with Crippen molar-refractivity contribution >= 4 is 5.97 Å². The minimum atomic E-state index is -0.692. The summed E-state index contributed by atoms with van der Waals surface area (Å²) >= 11 is 0. The van der Waals surface area contributed by atoms with E-state index in [1.54, 1.807) is 0 Å². The van der Waals surface area contributed by atoms with E-state index in [-0.39, 0.29) is 11.8 Å². The SMILES string of the molecule is Cc1cc(C)c(C)c(CC(C(=O)O)C(C)C)c1C. The van der Waals surface area contributed by atoms with Gasteiger partial charge < -0.3 is 5.11 Å². The molecule has 1 atom stereocenters. The number of carboxylic acid groups (broad SMARTS) is 1. The minimum absolute atomic E-state index is 0.155. The number of rotatable bonds is 4. The summed E-state index contributed by atoms with van der Waals surface area (Å²) in [5.41, 5.74) is 6.20. The predicted octanol–water partition coefficient (Wildman–Crippen LogP) is 3.82. The highest BCUT2D eigenvalue weighted by Gasteiger charge is 2.23. The maximum Gasteiger partial charge on any atom is 0.307 e. The van der Waals surface area contributed by atoms with Crippen LogP contribution in [0.1, 0.15) is 41.7 Å². The maximum absolute atomic E-state index is 11.3. The highest BCUT2D eigenvalue weighted by molar-refractivity contribution is 5.71. The van der Waals surface area contributed by atoms with E-state index in [1.807, 2.05) is 13.8 Å². The van der Waals surface area contributed by atoms with Gasteiger partial charge in [-0.3, -0.25) is 4.79 Å². The summed E-state index contributed by atoms with van der Waals surface area (Å²) in [4.78, 5) is 11.3. The fourth-order valence-electron chi connectivity index (χ4n) is 2.43. The maximum atomic E-state index is 11.3. The Kier molecular flexibility index (Phi) is 4.55. The average molecular weight is 248 g/mol. The van der Waals surface area contributed by atoms with Crippen LogP contribution in [0.4, 0.5) is 0 Å². The summed E-state index contributed by atoms with van der Waals surface area (Å²) in [6.07, 6.45) is 0.632. The van der Waals surface area contributed by atoms with Crippen molar-refractivity contribution in [3.63, 3.8) is 0 Å². The van der Waals surface area contributed by atoms with E-state index in [0.29, 0.717) is 6.42 Å². The first-order chi connectivity index (χ1) is 8.25. The third-order valence-electron chi connectivity index (χ3n) is 4.07. The lowest BCUT2D eigenvalue weighted by Gasteiger charge is -2.21. The molecule has 18 heavy (non-hydrogen) atoms. The van der Waals surface area contributed by atoms with E-state index in [2.05, 4.69) is 33.8 Å². The first-order valence-electron chi connectivity index (χ1n) is 6.54. The molecule has 1 unspecified atom stereocenters. The van der Waals surface area contributed by atoms with Crippen LogP contribution in [-0.2, 0) is 11.2 Å². The van der Waals surface area contributed by atoms with Crippen molar-refractivity contribution in [3.05, 3.63) is 33.9 Å². The van der Waals surface area contributed by atoms with Crippen LogP contribution in [0, 0.1) is 39.5 Å². The Morgan fingerprint density at radius 2 is 1.56 bits per heavy atom. The standard InChI is InChI=1S/C16H24O2/c1-9(2)14(16(17)18)8-15-12(5)10(3)7-11(4)13(15)6/h7,9,14H,8H2,1-6H3,(H,17,18). The van der Waals surface area contributed by atoms with E-state index in [4.69, 9.17) is 0 Å². The number of benzene rings is 1. The smallest absolute Gasteiger partial charge is 0.307 e. The Hall–Kier alpha value is -1.31. The van der Waals surface area contributed by atoms with E-state index in [0.717, 1.165) is 0 Å². The molecule has 0 aliphatic rings. The Morgan fingerprint density at radius 1 is 1.11 bits per heavy atom. The third kappa shape index (κ3) is 2.92. The van der Waals surface area contributed by atoms with Gasteiger partial charge in [-0.05, 0) is 67.9 Å². The van der Waals surface area contributed by atoms with Crippen LogP contribution in [-0.4, -0.2) is 11.1 Å². The van der Waals surface area contributed by atoms with Crippen LogP contribution in [0.2, 0.25) is 0 Å². The molecule has 0 radical (unpaired) electrons. The molecule has 0 amide bonds. The first-order valence-corrected chi connectivity index (χ1v) is 6.54. The predicted molar refractivity (Wildman–Crippen MR) is 75.1 cm³/mol. The third-order valence-corrected chi connectivity index (χ3v) is 4.07. The molecular weight excluding hydrogens is 224 g/mol. The van der Waals surface area contributed by atoms with Crippen LogP contribution in [0.3, 0.4) is 0 Å². The lowest BCUT2D eigenvalue weighted by Crippen LogP contribution is -2.23. The Balaban J connectivity index is 3.21. The summed E-state index contributed by atoms with van der Waals surface area (Å²) in [5, 5.41) is 9.33. The van der Waals surface area contributed by atoms with Crippen molar-refractivity contribution in [3.8, 4) is 0 Å². The zero-order valence-corrected chi connectivity index (χ0v) is 12.3. The van der Waals surface area contributed by atoms with Gasteiger partial charge in [0.15, 0.2) is 0 Å². The molecule has 100 valence electrons. The van der Waals surface area contributed by atoms with Gasteiger partial charge in [-0.15, -0.1) is 0 Å². The molecule has 0 saturated heterocycles. The van der Waals surface area contributed by atoms with E-state index < -0.39 is 5.97 Å². The molecule has 0 fully saturated rings. The molecule has 0 aromatic heterocycles. The van der Waals surface area contributed by atoms with Crippen LogP contribution in [0.15, 0.2) is 6.07 Å². The number of hydrogen-bond donors (Lipinski definition) is 1. The van der Waals surface area contributed by atoms with Gasteiger partial charge in [0.2, 0.25) is 0 Å². The monoisotopic (exact) mass is 248 g/mol. The molecule has 1 N–H and O–H groups in total. The first kappa shape index (κ1) is 14.7. The molecular formula is C16H24O2. The average Bonchev–Trinajstić information content (AvgIpc) is 2.25. The van der Waals surface area contributed by atoms with Gasteiger partial charge in [-0.2, -0.15) is 0 Å². The van der Waals surface area contributed by atoms with Crippen molar-refractivity contribution in [1.82, 2.24) is 0 Å². The zero-order chi connectivity index (χ0) is 14.0. The quantitative estimate of drug-likeness (QED) is 0.879. The normalized spacial score (nSPS) is 12.8. The summed E-state index contributed by atoms with van der Waals surface area (Å²) in [5.74, 6) is -0.839. The van der Waals surface area contributed by atoms with Crippen molar-refractivity contribution in [2.75, 3.05) is 0 Å². The highest BCUT2D eigenvalue weighted by Crippen LogP contribution is 2.26. The number of aryl methyl sites for hydroxylation is 2. The number of hydrogen-bond acceptors (Lipinski definition) is 1. The van der Waals surface area contributed by atoms with Gasteiger partial charge in [0.05, 0.1) is 5.92 Å². The molecule has 0 aliphatic heterocycles. The molecule has 1 aromatic rings. The van der Waals surface area contributed by atoms with Crippen LogP contribution < -0.4 is 0 Å².